The van der Waals surface area contributed by atoms with E-state index in [0.29, 0.717) is 12.5 Å². The highest BCUT2D eigenvalue weighted by Crippen LogP contribution is 2.39. The van der Waals surface area contributed by atoms with E-state index < -0.39 is 0 Å². The summed E-state index contributed by atoms with van der Waals surface area (Å²) >= 11 is 0. The second kappa shape index (κ2) is 8.88. The van der Waals surface area contributed by atoms with Crippen LogP contribution in [0.4, 0.5) is 0 Å². The summed E-state index contributed by atoms with van der Waals surface area (Å²) in [6.45, 7) is 7.85. The van der Waals surface area contributed by atoms with Gasteiger partial charge in [-0.2, -0.15) is 0 Å². The molecule has 0 unspecified atom stereocenters. The molecule has 4 nitrogen and oxygen atoms in total. The number of nitrogens with zero attached hydrogens (tertiary/aromatic N) is 1. The number of pyridine rings is 1. The van der Waals surface area contributed by atoms with Gasteiger partial charge in [0.25, 0.3) is 0 Å². The second-order valence-corrected chi connectivity index (χ2v) is 8.09. The summed E-state index contributed by atoms with van der Waals surface area (Å²) < 4.78 is 5.84. The van der Waals surface area contributed by atoms with Crippen molar-refractivity contribution in [3.8, 4) is 17.0 Å². The molecule has 0 bridgehead atoms. The van der Waals surface area contributed by atoms with Crippen molar-refractivity contribution < 1.29 is 4.74 Å². The molecule has 4 heteroatoms. The van der Waals surface area contributed by atoms with Crippen molar-refractivity contribution in [1.29, 1.82) is 0 Å². The Labute approximate surface area is 178 Å². The standard InChI is InChI=1S/C26H31N3O/c1-4-30-23-14-13-22(21-12-8-16-28-26(21)23)25-19(9-5-6-15-27)20-11-7-10-18(17(2)3)24(20)29-25/h7-8,10-14,16-17,29H,4-6,9,15,27H2,1-3H3. The molecule has 0 aliphatic rings. The van der Waals surface area contributed by atoms with Crippen molar-refractivity contribution in [3.63, 3.8) is 0 Å². The second-order valence-electron chi connectivity index (χ2n) is 8.09. The van der Waals surface area contributed by atoms with E-state index in [1.54, 1.807) is 0 Å². The predicted octanol–water partition coefficient (Wildman–Crippen LogP) is 6.19. The van der Waals surface area contributed by atoms with Crippen LogP contribution >= 0.6 is 0 Å². The summed E-state index contributed by atoms with van der Waals surface area (Å²) in [5, 5.41) is 2.43. The van der Waals surface area contributed by atoms with E-state index in [1.165, 1.54) is 33.3 Å². The average Bonchev–Trinajstić information content (AvgIpc) is 3.12. The number of hydrogen-bond acceptors (Lipinski definition) is 3. The lowest BCUT2D eigenvalue weighted by Crippen LogP contribution is -1.99. The van der Waals surface area contributed by atoms with Crippen LogP contribution in [0.1, 0.15) is 50.7 Å². The number of aromatic nitrogens is 2. The Morgan fingerprint density at radius 3 is 2.63 bits per heavy atom. The number of nitrogens with one attached hydrogen (secondary N) is 1. The van der Waals surface area contributed by atoms with Gasteiger partial charge in [0.15, 0.2) is 0 Å². The van der Waals surface area contributed by atoms with Gasteiger partial charge in [-0.25, -0.2) is 0 Å². The van der Waals surface area contributed by atoms with E-state index >= 15 is 0 Å². The summed E-state index contributed by atoms with van der Waals surface area (Å²) in [5.41, 5.74) is 13.0. The Bertz CT molecular complexity index is 1160. The zero-order chi connectivity index (χ0) is 21.1. The van der Waals surface area contributed by atoms with Crippen LogP contribution in [0.25, 0.3) is 33.1 Å². The first kappa shape index (κ1) is 20.4. The van der Waals surface area contributed by atoms with E-state index in [9.17, 15) is 0 Å². The van der Waals surface area contributed by atoms with Crippen LogP contribution in [0, 0.1) is 0 Å². The molecule has 0 saturated heterocycles. The maximum atomic E-state index is 5.84. The molecule has 0 fully saturated rings. The lowest BCUT2D eigenvalue weighted by Gasteiger charge is -2.12. The normalized spacial score (nSPS) is 11.6. The first-order chi connectivity index (χ1) is 14.7. The fourth-order valence-electron chi connectivity index (χ4n) is 4.35. The van der Waals surface area contributed by atoms with Crippen LogP contribution in [-0.2, 0) is 6.42 Å². The largest absolute Gasteiger partial charge is 0.492 e. The molecule has 2 heterocycles. The Kier molecular flexibility index (Phi) is 6.05. The fraction of sp³-hybridized carbons (Fsp3) is 0.346. The van der Waals surface area contributed by atoms with Crippen LogP contribution in [0.3, 0.4) is 0 Å². The molecular weight excluding hydrogens is 370 g/mol. The lowest BCUT2D eigenvalue weighted by atomic mass is 9.95. The van der Waals surface area contributed by atoms with Crippen molar-refractivity contribution in [2.45, 2.75) is 46.0 Å². The first-order valence-corrected chi connectivity index (χ1v) is 11.0. The highest BCUT2D eigenvalue weighted by molar-refractivity contribution is 6.02. The summed E-state index contributed by atoms with van der Waals surface area (Å²) in [6, 6.07) is 15.0. The van der Waals surface area contributed by atoms with E-state index in [4.69, 9.17) is 10.5 Å². The monoisotopic (exact) mass is 401 g/mol. The number of benzene rings is 2. The third-order valence-corrected chi connectivity index (χ3v) is 5.78. The van der Waals surface area contributed by atoms with Crippen LogP contribution in [-0.4, -0.2) is 23.1 Å². The number of aromatic amines is 1. The van der Waals surface area contributed by atoms with Crippen LogP contribution in [0.2, 0.25) is 0 Å². The molecule has 0 spiro atoms. The predicted molar refractivity (Wildman–Crippen MR) is 126 cm³/mol. The lowest BCUT2D eigenvalue weighted by molar-refractivity contribution is 0.343. The SMILES string of the molecule is CCOc1ccc(-c2[nH]c3c(C(C)C)cccc3c2CCCCN)c2cccnc12. The van der Waals surface area contributed by atoms with E-state index in [1.807, 2.05) is 25.3 Å². The smallest absolute Gasteiger partial charge is 0.145 e. The van der Waals surface area contributed by atoms with Gasteiger partial charge in [0, 0.05) is 28.0 Å². The van der Waals surface area contributed by atoms with Crippen molar-refractivity contribution in [3.05, 3.63) is 59.8 Å². The van der Waals surface area contributed by atoms with Crippen molar-refractivity contribution in [2.75, 3.05) is 13.2 Å². The molecule has 0 saturated carbocycles. The van der Waals surface area contributed by atoms with Crippen molar-refractivity contribution in [1.82, 2.24) is 9.97 Å². The number of aryl methyl sites for hydroxylation is 1. The van der Waals surface area contributed by atoms with Crippen molar-refractivity contribution in [2.24, 2.45) is 5.73 Å². The summed E-state index contributed by atoms with van der Waals surface area (Å²) in [5.74, 6) is 1.29. The average molecular weight is 402 g/mol. The number of ether oxygens (including phenoxy) is 1. The van der Waals surface area contributed by atoms with Gasteiger partial charge in [-0.05, 0) is 68.0 Å². The van der Waals surface area contributed by atoms with Gasteiger partial charge in [-0.3, -0.25) is 4.98 Å². The zero-order valence-corrected chi connectivity index (χ0v) is 18.2. The van der Waals surface area contributed by atoms with Crippen LogP contribution in [0.15, 0.2) is 48.7 Å². The Morgan fingerprint density at radius 2 is 1.87 bits per heavy atom. The van der Waals surface area contributed by atoms with Gasteiger partial charge < -0.3 is 15.5 Å². The minimum atomic E-state index is 0.454. The zero-order valence-electron chi connectivity index (χ0n) is 18.2. The molecule has 0 aliphatic carbocycles. The third kappa shape index (κ3) is 3.68. The molecule has 156 valence electrons. The van der Waals surface area contributed by atoms with E-state index in [0.717, 1.165) is 42.5 Å². The van der Waals surface area contributed by atoms with Crippen LogP contribution in [0.5, 0.6) is 5.75 Å². The molecule has 0 amide bonds. The molecule has 4 aromatic rings. The molecule has 3 N–H and O–H groups in total. The van der Waals surface area contributed by atoms with Crippen LogP contribution < -0.4 is 10.5 Å². The Hall–Kier alpha value is -2.85. The number of hydrogen-bond donors (Lipinski definition) is 2. The minimum Gasteiger partial charge on any atom is -0.492 e. The number of H-pyrrole nitrogens is 1. The van der Waals surface area contributed by atoms with Gasteiger partial charge >= 0.3 is 0 Å². The summed E-state index contributed by atoms with van der Waals surface area (Å²) in [7, 11) is 0. The molecule has 2 aromatic carbocycles. The maximum Gasteiger partial charge on any atom is 0.145 e. The Morgan fingerprint density at radius 1 is 1.03 bits per heavy atom. The number of unbranched alkanes of at least 4 members (excludes halogenated alkanes) is 1. The topological polar surface area (TPSA) is 63.9 Å². The maximum absolute atomic E-state index is 5.84. The molecule has 0 atom stereocenters. The third-order valence-electron chi connectivity index (χ3n) is 5.78. The highest BCUT2D eigenvalue weighted by atomic mass is 16.5. The molecule has 30 heavy (non-hydrogen) atoms. The van der Waals surface area contributed by atoms with Gasteiger partial charge in [-0.15, -0.1) is 0 Å². The molecule has 0 aliphatic heterocycles. The Balaban J connectivity index is 1.97. The minimum absolute atomic E-state index is 0.454. The van der Waals surface area contributed by atoms with Crippen molar-refractivity contribution >= 4 is 21.8 Å². The molecular formula is C26H31N3O. The highest BCUT2D eigenvalue weighted by Gasteiger charge is 2.19. The number of fused-ring (bicyclic) bond motifs is 2. The molecule has 2 aromatic heterocycles. The number of nitrogens with two attached hydrogens (primary N) is 1. The molecule has 0 radical (unpaired) electrons. The molecule has 4 rings (SSSR count). The van der Waals surface area contributed by atoms with Gasteiger partial charge in [0.1, 0.15) is 11.3 Å². The quantitative estimate of drug-likeness (QED) is 0.346. The fourth-order valence-corrected chi connectivity index (χ4v) is 4.35. The first-order valence-electron chi connectivity index (χ1n) is 11.0. The summed E-state index contributed by atoms with van der Waals surface area (Å²) in [4.78, 5) is 8.44. The van der Waals surface area contributed by atoms with E-state index in [2.05, 4.69) is 54.1 Å². The summed E-state index contributed by atoms with van der Waals surface area (Å²) in [6.07, 6.45) is 4.94. The van der Waals surface area contributed by atoms with Gasteiger partial charge in [-0.1, -0.05) is 38.1 Å². The number of para-hydroxylation sites is 1. The van der Waals surface area contributed by atoms with E-state index in [-0.39, 0.29) is 0 Å². The van der Waals surface area contributed by atoms with Gasteiger partial charge in [0.05, 0.1) is 12.3 Å². The number of rotatable bonds is 8. The van der Waals surface area contributed by atoms with Gasteiger partial charge in [0.2, 0.25) is 0 Å².